The monoisotopic (exact) mass is 345 g/mol. The van der Waals surface area contributed by atoms with Gasteiger partial charge in [0.2, 0.25) is 0 Å². The molecule has 4 bridgehead atoms. The molecule has 6 rings (SSSR count). The van der Waals surface area contributed by atoms with Crippen LogP contribution in [-0.2, 0) is 0 Å². The molecule has 2 aromatic rings. The maximum atomic E-state index is 13.3. The zero-order valence-electron chi connectivity index (χ0n) is 15.5. The van der Waals surface area contributed by atoms with Crippen LogP contribution < -0.4 is 5.32 Å². The lowest BCUT2D eigenvalue weighted by molar-refractivity contribution is -0.0166. The van der Waals surface area contributed by atoms with E-state index in [-0.39, 0.29) is 11.4 Å². The van der Waals surface area contributed by atoms with Gasteiger partial charge in [-0.15, -0.1) is 0 Å². The fraction of sp³-hybridized carbons (Fsp3) is 0.458. The molecule has 0 heterocycles. The van der Waals surface area contributed by atoms with Crippen LogP contribution in [0.3, 0.4) is 0 Å². The molecule has 134 valence electrons. The highest BCUT2D eigenvalue weighted by Gasteiger charge is 2.51. The van der Waals surface area contributed by atoms with Crippen molar-refractivity contribution in [3.63, 3.8) is 0 Å². The highest BCUT2D eigenvalue weighted by Crippen LogP contribution is 2.55. The van der Waals surface area contributed by atoms with E-state index in [0.29, 0.717) is 0 Å². The number of carbonyl (C=O) groups excluding carboxylic acids is 1. The molecule has 2 aromatic carbocycles. The Labute approximate surface area is 156 Å². The minimum absolute atomic E-state index is 0.0602. The molecule has 4 saturated carbocycles. The van der Waals surface area contributed by atoms with Crippen molar-refractivity contribution in [2.45, 2.75) is 51.0 Å². The average molecular weight is 345 g/mol. The van der Waals surface area contributed by atoms with Crippen molar-refractivity contribution in [2.24, 2.45) is 17.8 Å². The summed E-state index contributed by atoms with van der Waals surface area (Å²) in [6.45, 7) is 2.09. The molecule has 0 radical (unpaired) electrons. The number of benzene rings is 2. The molecule has 2 heteroatoms. The van der Waals surface area contributed by atoms with Gasteiger partial charge in [-0.05, 0) is 80.4 Å². The first kappa shape index (κ1) is 16.1. The molecule has 0 aromatic heterocycles. The number of hydrogen-bond donors (Lipinski definition) is 1. The molecule has 26 heavy (non-hydrogen) atoms. The van der Waals surface area contributed by atoms with Crippen LogP contribution in [0, 0.1) is 24.7 Å². The molecule has 2 nitrogen and oxygen atoms in total. The zero-order chi connectivity index (χ0) is 17.7. The van der Waals surface area contributed by atoms with Gasteiger partial charge in [-0.3, -0.25) is 4.79 Å². The second-order valence-electron chi connectivity index (χ2n) is 9.07. The molecule has 4 fully saturated rings. The zero-order valence-corrected chi connectivity index (χ0v) is 15.5. The number of amides is 1. The van der Waals surface area contributed by atoms with E-state index in [1.165, 1.54) is 44.1 Å². The summed E-state index contributed by atoms with van der Waals surface area (Å²) in [5, 5.41) is 3.53. The summed E-state index contributed by atoms with van der Waals surface area (Å²) in [4.78, 5) is 13.3. The molecule has 0 atom stereocenters. The third kappa shape index (κ3) is 2.76. The highest BCUT2D eigenvalue weighted by molar-refractivity contribution is 6.01. The first-order chi connectivity index (χ1) is 12.6. The van der Waals surface area contributed by atoms with E-state index in [4.69, 9.17) is 0 Å². The maximum absolute atomic E-state index is 13.3. The molecule has 4 aliphatic rings. The largest absolute Gasteiger partial charge is 0.347 e. The number of rotatable bonds is 3. The van der Waals surface area contributed by atoms with Crippen LogP contribution in [-0.4, -0.2) is 11.4 Å². The Kier molecular flexibility index (Phi) is 3.70. The summed E-state index contributed by atoms with van der Waals surface area (Å²) in [6, 6.07) is 16.5. The van der Waals surface area contributed by atoms with Gasteiger partial charge in [0, 0.05) is 11.1 Å². The van der Waals surface area contributed by atoms with Gasteiger partial charge >= 0.3 is 0 Å². The summed E-state index contributed by atoms with van der Waals surface area (Å²) in [5.41, 5.74) is 4.23. The van der Waals surface area contributed by atoms with Crippen LogP contribution in [0.25, 0.3) is 11.1 Å². The van der Waals surface area contributed by atoms with E-state index in [2.05, 4.69) is 36.5 Å². The lowest BCUT2D eigenvalue weighted by Crippen LogP contribution is -2.59. The molecule has 0 spiro atoms. The fourth-order valence-corrected chi connectivity index (χ4v) is 6.28. The lowest BCUT2D eigenvalue weighted by atomic mass is 9.53. The van der Waals surface area contributed by atoms with E-state index in [9.17, 15) is 4.79 Å². The van der Waals surface area contributed by atoms with Crippen LogP contribution in [0.15, 0.2) is 48.5 Å². The normalized spacial score (nSPS) is 31.8. The van der Waals surface area contributed by atoms with Crippen molar-refractivity contribution >= 4 is 5.91 Å². The second-order valence-corrected chi connectivity index (χ2v) is 9.07. The maximum Gasteiger partial charge on any atom is 0.252 e. The molecule has 4 aliphatic carbocycles. The van der Waals surface area contributed by atoms with Crippen molar-refractivity contribution in [1.82, 2.24) is 5.32 Å². The van der Waals surface area contributed by atoms with Crippen LogP contribution >= 0.6 is 0 Å². The third-order valence-electron chi connectivity index (χ3n) is 6.92. The Morgan fingerprint density at radius 1 is 0.923 bits per heavy atom. The van der Waals surface area contributed by atoms with Gasteiger partial charge in [0.15, 0.2) is 0 Å². The predicted molar refractivity (Wildman–Crippen MR) is 105 cm³/mol. The standard InChI is InChI=1S/C24H27NO/c1-16-7-8-21(22(9-16)20-5-3-2-4-6-20)23(26)25-24-13-17-10-18(14-24)12-19(11-17)15-24/h2-9,17-19H,10-15H2,1H3,(H,25,26). The van der Waals surface area contributed by atoms with E-state index in [1.807, 2.05) is 24.3 Å². The highest BCUT2D eigenvalue weighted by atomic mass is 16.1. The van der Waals surface area contributed by atoms with Gasteiger partial charge in [0.05, 0.1) is 0 Å². The smallest absolute Gasteiger partial charge is 0.252 e. The Hall–Kier alpha value is -2.09. The molecular formula is C24H27NO. The summed E-state index contributed by atoms with van der Waals surface area (Å²) in [7, 11) is 0. The number of nitrogens with one attached hydrogen (secondary N) is 1. The Morgan fingerprint density at radius 3 is 2.15 bits per heavy atom. The first-order valence-electron chi connectivity index (χ1n) is 10.1. The average Bonchev–Trinajstić information content (AvgIpc) is 2.60. The number of aryl methyl sites for hydroxylation is 1. The molecular weight excluding hydrogens is 318 g/mol. The summed E-state index contributed by atoms with van der Waals surface area (Å²) in [5.74, 6) is 2.64. The third-order valence-corrected chi connectivity index (χ3v) is 6.92. The molecule has 1 N–H and O–H groups in total. The van der Waals surface area contributed by atoms with Gasteiger partial charge in [-0.2, -0.15) is 0 Å². The van der Waals surface area contributed by atoms with Crippen molar-refractivity contribution in [1.29, 1.82) is 0 Å². The molecule has 0 unspecified atom stereocenters. The second kappa shape index (κ2) is 5.97. The van der Waals surface area contributed by atoms with Crippen molar-refractivity contribution in [2.75, 3.05) is 0 Å². The van der Waals surface area contributed by atoms with Gasteiger partial charge < -0.3 is 5.32 Å². The fourth-order valence-electron chi connectivity index (χ4n) is 6.28. The first-order valence-corrected chi connectivity index (χ1v) is 10.1. The Balaban J connectivity index is 1.46. The SMILES string of the molecule is Cc1ccc(C(=O)NC23CC4CC(CC(C4)C2)C3)c(-c2ccccc2)c1. The predicted octanol–water partition coefficient (Wildman–Crippen LogP) is 5.36. The van der Waals surface area contributed by atoms with Crippen molar-refractivity contribution < 1.29 is 4.79 Å². The summed E-state index contributed by atoms with van der Waals surface area (Å²) < 4.78 is 0. The van der Waals surface area contributed by atoms with Crippen LogP contribution in [0.2, 0.25) is 0 Å². The van der Waals surface area contributed by atoms with E-state index in [0.717, 1.165) is 34.4 Å². The minimum Gasteiger partial charge on any atom is -0.347 e. The quantitative estimate of drug-likeness (QED) is 0.797. The van der Waals surface area contributed by atoms with Crippen LogP contribution in [0.1, 0.15) is 54.4 Å². The van der Waals surface area contributed by atoms with E-state index in [1.54, 1.807) is 0 Å². The molecule has 0 aliphatic heterocycles. The summed E-state index contributed by atoms with van der Waals surface area (Å²) in [6.07, 6.45) is 7.77. The van der Waals surface area contributed by atoms with Gasteiger partial charge in [-0.1, -0.05) is 48.0 Å². The number of hydrogen-bond acceptors (Lipinski definition) is 1. The molecule has 0 saturated heterocycles. The van der Waals surface area contributed by atoms with Crippen LogP contribution in [0.4, 0.5) is 0 Å². The minimum atomic E-state index is 0.0602. The van der Waals surface area contributed by atoms with Crippen LogP contribution in [0.5, 0.6) is 0 Å². The Bertz CT molecular complexity index is 803. The van der Waals surface area contributed by atoms with Gasteiger partial charge in [-0.25, -0.2) is 0 Å². The number of carbonyl (C=O) groups is 1. The lowest BCUT2D eigenvalue weighted by Gasteiger charge is -2.56. The van der Waals surface area contributed by atoms with E-state index < -0.39 is 0 Å². The van der Waals surface area contributed by atoms with Gasteiger partial charge in [0.25, 0.3) is 5.91 Å². The van der Waals surface area contributed by atoms with Gasteiger partial charge in [0.1, 0.15) is 0 Å². The summed E-state index contributed by atoms with van der Waals surface area (Å²) >= 11 is 0. The topological polar surface area (TPSA) is 29.1 Å². The van der Waals surface area contributed by atoms with Crippen molar-refractivity contribution in [3.05, 3.63) is 59.7 Å². The van der Waals surface area contributed by atoms with E-state index >= 15 is 0 Å². The molecule has 1 amide bonds. The Morgan fingerprint density at radius 2 is 1.54 bits per heavy atom. The van der Waals surface area contributed by atoms with Crippen molar-refractivity contribution in [3.8, 4) is 11.1 Å².